The van der Waals surface area contributed by atoms with Crippen molar-refractivity contribution in [1.82, 2.24) is 26.2 Å². The summed E-state index contributed by atoms with van der Waals surface area (Å²) in [6.45, 7) is 8.33. The van der Waals surface area contributed by atoms with Crippen molar-refractivity contribution in [3.05, 3.63) is 65.7 Å². The molecule has 2 fully saturated rings. The van der Waals surface area contributed by atoms with Crippen LogP contribution in [0.3, 0.4) is 0 Å². The van der Waals surface area contributed by atoms with Gasteiger partial charge in [0.2, 0.25) is 23.6 Å². The lowest BCUT2D eigenvalue weighted by molar-refractivity contribution is -0.158. The Morgan fingerprint density at radius 2 is 1.48 bits per heavy atom. The largest absolute Gasteiger partial charge is 0.493 e. The van der Waals surface area contributed by atoms with Gasteiger partial charge in [-0.1, -0.05) is 94.3 Å². The summed E-state index contributed by atoms with van der Waals surface area (Å²) in [6, 6.07) is 12.4. The summed E-state index contributed by atoms with van der Waals surface area (Å²) < 4.78 is 11.1. The summed E-state index contributed by atoms with van der Waals surface area (Å²) in [4.78, 5) is 79.9. The van der Waals surface area contributed by atoms with Gasteiger partial charge in [-0.2, -0.15) is 0 Å². The number of nitrogens with one attached hydrogen (secondary N) is 4. The van der Waals surface area contributed by atoms with Crippen LogP contribution < -0.4 is 26.0 Å². The number of aliphatic hydroxyl groups excluding tert-OH is 2. The third-order valence-electron chi connectivity index (χ3n) is 10.2. The maximum absolute atomic E-state index is 13.6. The van der Waals surface area contributed by atoms with Gasteiger partial charge in [-0.15, -0.1) is 0 Å². The van der Waals surface area contributed by atoms with Crippen LogP contribution in [0.2, 0.25) is 0 Å². The van der Waals surface area contributed by atoms with Crippen molar-refractivity contribution in [2.24, 2.45) is 0 Å². The van der Waals surface area contributed by atoms with Crippen LogP contribution in [0.5, 0.6) is 5.75 Å². The smallest absolute Gasteiger partial charge is 0.333 e. The highest BCUT2D eigenvalue weighted by molar-refractivity contribution is 5.92. The van der Waals surface area contributed by atoms with E-state index >= 15 is 0 Å². The van der Waals surface area contributed by atoms with Gasteiger partial charge in [-0.25, -0.2) is 4.79 Å². The third kappa shape index (κ3) is 19.1. The number of rotatable bonds is 19. The number of nitrogens with zero attached hydrogens (tertiary/aromatic N) is 1. The molecule has 5 unspecified atom stereocenters. The monoisotopic (exact) mass is 852 g/mol. The van der Waals surface area contributed by atoms with E-state index in [-0.39, 0.29) is 19.4 Å². The van der Waals surface area contributed by atoms with Gasteiger partial charge in [0.25, 0.3) is 5.91 Å². The van der Waals surface area contributed by atoms with E-state index < -0.39 is 78.0 Å². The first-order valence-electron chi connectivity index (χ1n) is 21.9. The summed E-state index contributed by atoms with van der Waals surface area (Å²) >= 11 is 0. The zero-order valence-electron chi connectivity index (χ0n) is 36.7. The number of carbonyl (C=O) groups excluding carboxylic acids is 6. The van der Waals surface area contributed by atoms with Gasteiger partial charge < -0.3 is 45.9 Å². The van der Waals surface area contributed by atoms with E-state index in [0.717, 1.165) is 0 Å². The molecule has 1 saturated heterocycles. The molecule has 15 heteroatoms. The Morgan fingerprint density at radius 3 is 2.10 bits per heavy atom. The van der Waals surface area contributed by atoms with Gasteiger partial charge in [-0.05, 0) is 76.6 Å². The molecule has 0 aromatic heterocycles. The molecule has 0 spiro atoms. The Hall–Kier alpha value is -5.02. The highest BCUT2D eigenvalue weighted by Gasteiger charge is 2.36. The number of aliphatic hydroxyl groups is 2. The number of likely N-dealkylation sites (tertiary alicyclic amines) is 1. The summed E-state index contributed by atoms with van der Waals surface area (Å²) in [5.74, 6) is -3.10. The van der Waals surface area contributed by atoms with Crippen molar-refractivity contribution < 1.29 is 48.5 Å². The molecule has 338 valence electrons. The molecule has 0 radical (unpaired) electrons. The van der Waals surface area contributed by atoms with Crippen LogP contribution >= 0.6 is 0 Å². The van der Waals surface area contributed by atoms with E-state index in [1.165, 1.54) is 43.4 Å². The number of piperidine rings is 1. The van der Waals surface area contributed by atoms with Crippen molar-refractivity contribution in [1.29, 1.82) is 0 Å². The second kappa shape index (κ2) is 26.3. The van der Waals surface area contributed by atoms with Crippen LogP contribution in [0.25, 0.3) is 0 Å². The fraction of sp³-hybridized carbons (Fsp3) is 0.609. The minimum absolute atomic E-state index is 0.00244. The Morgan fingerprint density at radius 1 is 0.803 bits per heavy atom. The summed E-state index contributed by atoms with van der Waals surface area (Å²) in [5.41, 5.74) is 0.351. The SMILES string of the molecule is C1CCCCC1.CCCC(NC(=O)C1CCCCN1C(=O)CNC(=O)Cc1cccc(OCCC(C)O)c1)C(O)C(=O)NCC(=O)NC(C(=O)OC(C)(C)C)c1ccccc1. The molecule has 5 atom stereocenters. The quantitative estimate of drug-likeness (QED) is 0.111. The fourth-order valence-corrected chi connectivity index (χ4v) is 7.03. The predicted molar refractivity (Wildman–Crippen MR) is 231 cm³/mol. The van der Waals surface area contributed by atoms with E-state index in [0.29, 0.717) is 62.1 Å². The van der Waals surface area contributed by atoms with Crippen LogP contribution in [0.1, 0.15) is 129 Å². The normalized spacial score (nSPS) is 17.2. The molecule has 1 saturated carbocycles. The van der Waals surface area contributed by atoms with Crippen molar-refractivity contribution in [2.75, 3.05) is 26.2 Å². The highest BCUT2D eigenvalue weighted by atomic mass is 16.6. The Labute approximate surface area is 361 Å². The Kier molecular flexibility index (Phi) is 21.7. The maximum atomic E-state index is 13.6. The van der Waals surface area contributed by atoms with Gasteiger partial charge in [0.05, 0.1) is 38.3 Å². The highest BCUT2D eigenvalue weighted by Crippen LogP contribution is 2.21. The van der Waals surface area contributed by atoms with Gasteiger partial charge in [0.1, 0.15) is 17.4 Å². The second-order valence-corrected chi connectivity index (χ2v) is 16.8. The van der Waals surface area contributed by atoms with Crippen LogP contribution in [-0.2, 0) is 39.9 Å². The molecule has 2 aromatic carbocycles. The number of ether oxygens (including phenoxy) is 2. The molecule has 1 heterocycles. The van der Waals surface area contributed by atoms with Crippen molar-refractivity contribution in [2.45, 2.75) is 154 Å². The summed E-state index contributed by atoms with van der Waals surface area (Å²) in [5, 5.41) is 30.7. The molecular formula is C46H69N5O10. The standard InChI is InChI=1S/C40H57N5O10.C6H12/c1-6-13-30(36(50)38(52)42-24-33(48)44-35(28-15-8-7-9-16-28)39(53)55-40(3,4)5)43-37(51)31-18-10-11-20-45(31)34(49)25-41-32(47)23-27-14-12-17-29(22-27)54-21-19-26(2)46;1-2-4-6-5-3-1/h7-9,12,14-17,22,26,30-31,35-36,46,50H,6,10-11,13,18-21,23-25H2,1-5H3,(H,41,47)(H,42,52)(H,43,51)(H,44,48);1-6H2. The van der Waals surface area contributed by atoms with Gasteiger partial charge in [0, 0.05) is 13.0 Å². The van der Waals surface area contributed by atoms with E-state index in [1.807, 2.05) is 6.92 Å². The zero-order chi connectivity index (χ0) is 44.8. The molecule has 4 rings (SSSR count). The van der Waals surface area contributed by atoms with Crippen molar-refractivity contribution >= 4 is 35.5 Å². The van der Waals surface area contributed by atoms with E-state index in [2.05, 4.69) is 21.3 Å². The van der Waals surface area contributed by atoms with Gasteiger partial charge in [0.15, 0.2) is 12.1 Å². The average molecular weight is 852 g/mol. The molecule has 1 aliphatic heterocycles. The molecular weight excluding hydrogens is 783 g/mol. The van der Waals surface area contributed by atoms with Crippen LogP contribution in [0, 0.1) is 0 Å². The Bertz CT molecular complexity index is 1680. The van der Waals surface area contributed by atoms with Gasteiger partial charge >= 0.3 is 5.97 Å². The number of hydrogen-bond donors (Lipinski definition) is 6. The molecule has 0 bridgehead atoms. The topological polar surface area (TPSA) is 213 Å². The van der Waals surface area contributed by atoms with Crippen LogP contribution in [-0.4, -0.2) is 107 Å². The molecule has 5 amide bonds. The maximum Gasteiger partial charge on any atom is 0.333 e. The fourth-order valence-electron chi connectivity index (χ4n) is 7.03. The summed E-state index contributed by atoms with van der Waals surface area (Å²) in [6.07, 6.45) is 9.68. The summed E-state index contributed by atoms with van der Waals surface area (Å²) in [7, 11) is 0. The number of amides is 5. The Balaban J connectivity index is 0.00000151. The lowest BCUT2D eigenvalue weighted by atomic mass is 9.99. The molecule has 2 aliphatic rings. The molecule has 6 N–H and O–H groups in total. The number of hydrogen-bond acceptors (Lipinski definition) is 10. The molecule has 2 aromatic rings. The number of esters is 1. The zero-order valence-corrected chi connectivity index (χ0v) is 36.7. The van der Waals surface area contributed by atoms with Crippen LogP contribution in [0.4, 0.5) is 0 Å². The third-order valence-corrected chi connectivity index (χ3v) is 10.2. The lowest BCUT2D eigenvalue weighted by Crippen LogP contribution is -2.58. The molecule has 1 aliphatic carbocycles. The average Bonchev–Trinajstić information content (AvgIpc) is 3.24. The predicted octanol–water partition coefficient (Wildman–Crippen LogP) is 4.18. The number of carbonyl (C=O) groups is 6. The van der Waals surface area contributed by atoms with Crippen molar-refractivity contribution in [3.63, 3.8) is 0 Å². The first-order valence-corrected chi connectivity index (χ1v) is 21.9. The minimum atomic E-state index is -1.72. The molecule has 61 heavy (non-hydrogen) atoms. The van der Waals surface area contributed by atoms with E-state index in [4.69, 9.17) is 9.47 Å². The molecule has 15 nitrogen and oxygen atoms in total. The first-order chi connectivity index (χ1) is 29.1. The van der Waals surface area contributed by atoms with E-state index in [9.17, 15) is 39.0 Å². The number of benzene rings is 2. The van der Waals surface area contributed by atoms with Crippen LogP contribution in [0.15, 0.2) is 54.6 Å². The van der Waals surface area contributed by atoms with Gasteiger partial charge in [-0.3, -0.25) is 24.0 Å². The van der Waals surface area contributed by atoms with Crippen molar-refractivity contribution in [3.8, 4) is 5.75 Å². The second-order valence-electron chi connectivity index (χ2n) is 16.8. The minimum Gasteiger partial charge on any atom is -0.493 e. The first kappa shape index (κ1) is 50.3. The lowest BCUT2D eigenvalue weighted by Gasteiger charge is -2.36. The van der Waals surface area contributed by atoms with E-state index in [1.54, 1.807) is 82.3 Å².